The first-order valence-electron chi connectivity index (χ1n) is 13.0. The van der Waals surface area contributed by atoms with Crippen molar-refractivity contribution in [3.63, 3.8) is 0 Å². The van der Waals surface area contributed by atoms with Gasteiger partial charge in [0.2, 0.25) is 17.5 Å². The second kappa shape index (κ2) is 11.5. The van der Waals surface area contributed by atoms with Crippen LogP contribution in [0.1, 0.15) is 24.1 Å². The summed E-state index contributed by atoms with van der Waals surface area (Å²) in [6.07, 6.45) is 0. The van der Waals surface area contributed by atoms with Gasteiger partial charge in [-0.15, -0.1) is 0 Å². The zero-order valence-electron chi connectivity index (χ0n) is 22.6. The SMILES string of the molecule is CC(N=C(ON)c1cc(-c2nc(-c3cccc(O)c3)no2)cc(-c2nc(-c3cccc(O)c3)no2)c1)c1cccc(O)c1. The van der Waals surface area contributed by atoms with Gasteiger partial charge < -0.3 is 29.2 Å². The Labute approximate surface area is 244 Å². The third-order valence-corrected chi connectivity index (χ3v) is 6.51. The fraction of sp³-hybridized carbons (Fsp3) is 0.0645. The predicted molar refractivity (Wildman–Crippen MR) is 156 cm³/mol. The molecule has 0 fully saturated rings. The molecule has 0 aliphatic rings. The first-order chi connectivity index (χ1) is 20.9. The standard InChI is InChI=1S/C31H24N6O6/c1-17(18-5-2-8-24(38)14-18)33-29(41-32)21-11-22(30-34-27(36-42-30)19-6-3-9-25(39)15-19)13-23(12-21)31-35-28(37-43-31)20-7-4-10-26(40)16-20/h2-17,38-40H,32H2,1H3. The molecule has 214 valence electrons. The van der Waals surface area contributed by atoms with Crippen LogP contribution in [0.5, 0.6) is 17.2 Å². The fourth-order valence-electron chi connectivity index (χ4n) is 4.41. The average molecular weight is 577 g/mol. The molecule has 0 saturated carbocycles. The Morgan fingerprint density at radius 2 is 1.21 bits per heavy atom. The first-order valence-corrected chi connectivity index (χ1v) is 13.0. The molecule has 12 nitrogen and oxygen atoms in total. The van der Waals surface area contributed by atoms with Gasteiger partial charge in [0, 0.05) is 27.8 Å². The highest BCUT2D eigenvalue weighted by molar-refractivity contribution is 5.96. The topological polar surface area (TPSA) is 186 Å². The molecule has 0 aliphatic heterocycles. The minimum atomic E-state index is -0.431. The molecule has 1 atom stereocenters. The van der Waals surface area contributed by atoms with Crippen LogP contribution < -0.4 is 5.90 Å². The Kier molecular flexibility index (Phi) is 7.25. The normalized spacial score (nSPS) is 12.3. The Hall–Kier alpha value is -6.01. The number of phenolic OH excluding ortho intramolecular Hbond substituents is 3. The monoisotopic (exact) mass is 576 g/mol. The van der Waals surface area contributed by atoms with Crippen LogP contribution in [0.4, 0.5) is 0 Å². The van der Waals surface area contributed by atoms with Crippen molar-refractivity contribution >= 4 is 5.90 Å². The summed E-state index contributed by atoms with van der Waals surface area (Å²) in [6, 6.07) is 24.4. The van der Waals surface area contributed by atoms with Crippen LogP contribution in [0, 0.1) is 0 Å². The van der Waals surface area contributed by atoms with Crippen molar-refractivity contribution in [2.45, 2.75) is 13.0 Å². The lowest BCUT2D eigenvalue weighted by Crippen LogP contribution is -2.13. The van der Waals surface area contributed by atoms with Gasteiger partial charge >= 0.3 is 0 Å². The Morgan fingerprint density at radius 1 is 0.698 bits per heavy atom. The number of hydrogen-bond donors (Lipinski definition) is 4. The van der Waals surface area contributed by atoms with Gasteiger partial charge in [-0.25, -0.2) is 4.99 Å². The van der Waals surface area contributed by atoms with Gasteiger partial charge in [0.15, 0.2) is 0 Å². The third-order valence-electron chi connectivity index (χ3n) is 6.51. The van der Waals surface area contributed by atoms with E-state index < -0.39 is 6.04 Å². The summed E-state index contributed by atoms with van der Waals surface area (Å²) in [5, 5.41) is 37.8. The Morgan fingerprint density at radius 3 is 1.70 bits per heavy atom. The lowest BCUT2D eigenvalue weighted by Gasteiger charge is -2.12. The lowest BCUT2D eigenvalue weighted by molar-refractivity contribution is 0.319. The number of hydrogen-bond acceptors (Lipinski definition) is 12. The molecule has 12 heteroatoms. The van der Waals surface area contributed by atoms with E-state index in [9.17, 15) is 15.3 Å². The van der Waals surface area contributed by atoms with Gasteiger partial charge in [-0.05, 0) is 67.1 Å². The Bertz CT molecular complexity index is 1850. The van der Waals surface area contributed by atoms with Crippen LogP contribution in [-0.2, 0) is 4.84 Å². The molecule has 0 spiro atoms. The molecule has 5 N–H and O–H groups in total. The maximum Gasteiger partial charge on any atom is 0.258 e. The van der Waals surface area contributed by atoms with E-state index in [2.05, 4.69) is 25.3 Å². The second-order valence-electron chi connectivity index (χ2n) is 9.57. The first kappa shape index (κ1) is 27.2. The zero-order valence-corrected chi connectivity index (χ0v) is 22.6. The van der Waals surface area contributed by atoms with Crippen LogP contribution in [0.3, 0.4) is 0 Å². The van der Waals surface area contributed by atoms with E-state index >= 15 is 0 Å². The number of benzene rings is 4. The van der Waals surface area contributed by atoms with E-state index in [-0.39, 0.29) is 46.6 Å². The average Bonchev–Trinajstić information content (AvgIpc) is 3.71. The third kappa shape index (κ3) is 5.89. The van der Waals surface area contributed by atoms with E-state index in [4.69, 9.17) is 19.8 Å². The summed E-state index contributed by atoms with van der Waals surface area (Å²) in [7, 11) is 0. The van der Waals surface area contributed by atoms with Crippen LogP contribution >= 0.6 is 0 Å². The van der Waals surface area contributed by atoms with Crippen molar-refractivity contribution in [1.29, 1.82) is 0 Å². The molecule has 0 bridgehead atoms. The molecule has 2 aromatic heterocycles. The number of aromatic nitrogens is 4. The van der Waals surface area contributed by atoms with E-state index in [1.807, 2.05) is 13.0 Å². The molecule has 43 heavy (non-hydrogen) atoms. The minimum Gasteiger partial charge on any atom is -0.508 e. The van der Waals surface area contributed by atoms with Crippen molar-refractivity contribution in [2.24, 2.45) is 10.9 Å². The molecule has 6 rings (SSSR count). The maximum absolute atomic E-state index is 9.92. The largest absolute Gasteiger partial charge is 0.508 e. The van der Waals surface area contributed by atoms with Gasteiger partial charge in [-0.3, -0.25) is 0 Å². The van der Waals surface area contributed by atoms with Gasteiger partial charge in [0.1, 0.15) is 17.2 Å². The highest BCUT2D eigenvalue weighted by Gasteiger charge is 2.20. The van der Waals surface area contributed by atoms with Gasteiger partial charge in [-0.2, -0.15) is 15.9 Å². The van der Waals surface area contributed by atoms with E-state index in [1.165, 1.54) is 12.1 Å². The summed E-state index contributed by atoms with van der Waals surface area (Å²) in [5.41, 5.74) is 3.25. The van der Waals surface area contributed by atoms with Crippen molar-refractivity contribution in [1.82, 2.24) is 20.3 Å². The van der Waals surface area contributed by atoms with Crippen molar-refractivity contribution < 1.29 is 29.2 Å². The highest BCUT2D eigenvalue weighted by Crippen LogP contribution is 2.31. The molecular formula is C31H24N6O6. The molecule has 0 amide bonds. The molecule has 0 saturated heterocycles. The van der Waals surface area contributed by atoms with E-state index in [1.54, 1.807) is 72.8 Å². The van der Waals surface area contributed by atoms with Crippen LogP contribution in [0.15, 0.2) is 105 Å². The number of aromatic hydroxyl groups is 3. The number of rotatable bonds is 7. The highest BCUT2D eigenvalue weighted by atomic mass is 16.6. The summed E-state index contributed by atoms with van der Waals surface area (Å²) in [5.74, 6) is 6.87. The van der Waals surface area contributed by atoms with Crippen molar-refractivity contribution in [3.05, 3.63) is 102 Å². The second-order valence-corrected chi connectivity index (χ2v) is 9.57. The molecule has 0 radical (unpaired) electrons. The Balaban J connectivity index is 1.44. The predicted octanol–water partition coefficient (Wildman–Crippen LogP) is 5.64. The molecule has 1 unspecified atom stereocenters. The number of aliphatic imine (C=N–C) groups is 1. The van der Waals surface area contributed by atoms with Gasteiger partial charge in [0.05, 0.1) is 6.04 Å². The minimum absolute atomic E-state index is 0.0638. The van der Waals surface area contributed by atoms with Crippen LogP contribution in [0.25, 0.3) is 45.7 Å². The number of nitrogens with two attached hydrogens (primary N) is 1. The summed E-state index contributed by atoms with van der Waals surface area (Å²) < 4.78 is 11.2. The zero-order chi connectivity index (χ0) is 29.9. The van der Waals surface area contributed by atoms with Crippen molar-refractivity contribution in [2.75, 3.05) is 0 Å². The van der Waals surface area contributed by atoms with Crippen LogP contribution in [-0.4, -0.2) is 41.5 Å². The molecule has 2 heterocycles. The maximum atomic E-state index is 9.92. The smallest absolute Gasteiger partial charge is 0.258 e. The quantitative estimate of drug-likeness (QED) is 0.105. The summed E-state index contributed by atoms with van der Waals surface area (Å²) in [6.45, 7) is 1.83. The van der Waals surface area contributed by atoms with Gasteiger partial charge in [0.25, 0.3) is 11.8 Å². The van der Waals surface area contributed by atoms with E-state index in [0.29, 0.717) is 27.8 Å². The molecular weight excluding hydrogens is 552 g/mol. The number of phenols is 3. The lowest BCUT2D eigenvalue weighted by atomic mass is 10.0. The van der Waals surface area contributed by atoms with E-state index in [0.717, 1.165) is 5.56 Å². The number of nitrogens with zero attached hydrogens (tertiary/aromatic N) is 5. The van der Waals surface area contributed by atoms with Crippen molar-refractivity contribution in [3.8, 4) is 62.9 Å². The fourth-order valence-corrected chi connectivity index (χ4v) is 4.41. The summed E-state index contributed by atoms with van der Waals surface area (Å²) in [4.78, 5) is 18.9. The molecule has 0 aliphatic carbocycles. The summed E-state index contributed by atoms with van der Waals surface area (Å²) >= 11 is 0. The molecule has 4 aromatic carbocycles. The molecule has 6 aromatic rings. The van der Waals surface area contributed by atoms with Gasteiger partial charge in [-0.1, -0.05) is 46.7 Å². The van der Waals surface area contributed by atoms with Crippen LogP contribution in [0.2, 0.25) is 0 Å².